The quantitative estimate of drug-likeness (QED) is 0.111. The number of aromatic amines is 1. The van der Waals surface area contributed by atoms with Crippen LogP contribution in [0.4, 0.5) is 30.7 Å². The van der Waals surface area contributed by atoms with E-state index < -0.39 is 77.1 Å². The molecule has 54 heavy (non-hydrogen) atoms. The van der Waals surface area contributed by atoms with Crippen LogP contribution in [0.5, 0.6) is 0 Å². The molecule has 4 heterocycles. The number of aliphatic hydroxyl groups is 1. The molecule has 2 atom stereocenters. The van der Waals surface area contributed by atoms with Gasteiger partial charge in [0.15, 0.2) is 16.4 Å². The number of carbonyl (C=O) groups is 1. The lowest BCUT2D eigenvalue weighted by molar-refractivity contribution is -0.142. The van der Waals surface area contributed by atoms with Crippen molar-refractivity contribution in [3.05, 3.63) is 99.2 Å². The molecule has 1 aliphatic rings. The third kappa shape index (κ3) is 7.01. The van der Waals surface area contributed by atoms with E-state index in [-0.39, 0.29) is 34.1 Å². The standard InChI is InChI=1S/C37H28ClF7N6O3/c1-17-15-36(41,42)33-27(17)32(37(43,44)45)50-51(33)16-26(52)47-25(13-18-11-19(39)14-20(40)12-18)28-22(8-7-21(46-28)9-10-35(2,3)53)23-5-4-6-24-29-31(54-30(23)24)34(38)49-48-29/h4-8,11-12,14,17,25,53H,13,15-16H2,1-3H3,(H,47,52)(H,48,49)/t17-,25?/m0/s1. The molecule has 3 N–H and O–H groups in total. The van der Waals surface area contributed by atoms with E-state index >= 15 is 8.78 Å². The summed E-state index contributed by atoms with van der Waals surface area (Å²) < 4.78 is 108. The summed E-state index contributed by atoms with van der Waals surface area (Å²) in [6.45, 7) is 3.04. The summed E-state index contributed by atoms with van der Waals surface area (Å²) in [4.78, 5) is 18.5. The maximum atomic E-state index is 15.1. The molecular weight excluding hydrogens is 745 g/mol. The normalized spacial score (nSPS) is 16.0. The van der Waals surface area contributed by atoms with Gasteiger partial charge in [-0.2, -0.15) is 32.1 Å². The highest BCUT2D eigenvalue weighted by molar-refractivity contribution is 6.34. The summed E-state index contributed by atoms with van der Waals surface area (Å²) in [5, 5.41) is 23.8. The number of amides is 1. The number of hydrogen-bond acceptors (Lipinski definition) is 6. The number of alkyl halides is 5. The topological polar surface area (TPSA) is 122 Å². The number of fused-ring (bicyclic) bond motifs is 4. The number of rotatable bonds is 7. The minimum atomic E-state index is -5.08. The maximum Gasteiger partial charge on any atom is 0.435 e. The molecule has 17 heteroatoms. The lowest BCUT2D eigenvalue weighted by Gasteiger charge is -2.23. The Morgan fingerprint density at radius 2 is 1.85 bits per heavy atom. The Bertz CT molecular complexity index is 2500. The van der Waals surface area contributed by atoms with Crippen LogP contribution < -0.4 is 5.32 Å². The first-order valence-corrected chi connectivity index (χ1v) is 16.8. The number of H-pyrrole nitrogens is 1. The second kappa shape index (κ2) is 13.2. The van der Waals surface area contributed by atoms with Crippen molar-refractivity contribution >= 4 is 39.6 Å². The lowest BCUT2D eigenvalue weighted by atomic mass is 9.94. The van der Waals surface area contributed by atoms with Gasteiger partial charge in [-0.25, -0.2) is 13.8 Å². The Morgan fingerprint density at radius 1 is 1.13 bits per heavy atom. The van der Waals surface area contributed by atoms with Gasteiger partial charge in [0.25, 0.3) is 5.92 Å². The average Bonchev–Trinajstić information content (AvgIpc) is 3.80. The Kier molecular flexibility index (Phi) is 9.01. The van der Waals surface area contributed by atoms with Crippen molar-refractivity contribution in [2.75, 3.05) is 0 Å². The van der Waals surface area contributed by atoms with E-state index in [1.165, 1.54) is 26.8 Å². The van der Waals surface area contributed by atoms with E-state index in [0.717, 1.165) is 12.1 Å². The van der Waals surface area contributed by atoms with Gasteiger partial charge in [0.1, 0.15) is 46.3 Å². The lowest BCUT2D eigenvalue weighted by Crippen LogP contribution is -2.35. The van der Waals surface area contributed by atoms with E-state index in [1.54, 1.807) is 24.3 Å². The smallest absolute Gasteiger partial charge is 0.435 e. The SMILES string of the molecule is C[C@H]1CC(F)(F)c2c1c(C(F)(F)F)nn2CC(=O)NC(Cc1cc(F)cc(F)c1)c1nc(C#CC(C)(C)O)ccc1-c1cccc2c1oc1c(Cl)[nH]nc12. The van der Waals surface area contributed by atoms with Gasteiger partial charge < -0.3 is 14.8 Å². The molecule has 0 bridgehead atoms. The van der Waals surface area contributed by atoms with Crippen LogP contribution >= 0.6 is 11.6 Å². The summed E-state index contributed by atoms with van der Waals surface area (Å²) in [5.74, 6) is -2.45. The second-order valence-corrected chi connectivity index (χ2v) is 14.0. The molecule has 2 aromatic carbocycles. The predicted octanol–water partition coefficient (Wildman–Crippen LogP) is 8.34. The summed E-state index contributed by atoms with van der Waals surface area (Å²) in [6.07, 6.45) is -6.32. The molecule has 1 unspecified atom stereocenters. The number of para-hydroxylation sites is 1. The average molecular weight is 773 g/mol. The number of furan rings is 1. The van der Waals surface area contributed by atoms with Crippen molar-refractivity contribution in [1.82, 2.24) is 30.3 Å². The minimum absolute atomic E-state index is 0.0414. The van der Waals surface area contributed by atoms with Gasteiger partial charge in [-0.1, -0.05) is 36.6 Å². The molecule has 0 aliphatic heterocycles. The number of halogens is 8. The molecule has 9 nitrogen and oxygen atoms in total. The van der Waals surface area contributed by atoms with Crippen LogP contribution in [0.3, 0.4) is 0 Å². The van der Waals surface area contributed by atoms with Crippen molar-refractivity contribution in [1.29, 1.82) is 0 Å². The highest BCUT2D eigenvalue weighted by Crippen LogP contribution is 2.52. The molecule has 6 aromatic rings. The van der Waals surface area contributed by atoms with Crippen molar-refractivity contribution in [2.24, 2.45) is 0 Å². The monoisotopic (exact) mass is 772 g/mol. The van der Waals surface area contributed by atoms with Crippen molar-refractivity contribution in [3.8, 4) is 23.0 Å². The molecule has 0 fully saturated rings. The number of hydrogen-bond donors (Lipinski definition) is 3. The van der Waals surface area contributed by atoms with Gasteiger partial charge in [0, 0.05) is 34.6 Å². The molecule has 0 radical (unpaired) electrons. The molecule has 1 amide bonds. The summed E-state index contributed by atoms with van der Waals surface area (Å²) in [5.41, 5.74) is -2.80. The number of benzene rings is 2. The molecule has 0 spiro atoms. The Labute approximate surface area is 306 Å². The third-order valence-corrected chi connectivity index (χ3v) is 9.10. The van der Waals surface area contributed by atoms with Crippen LogP contribution in [0, 0.1) is 23.5 Å². The van der Waals surface area contributed by atoms with E-state index in [4.69, 9.17) is 16.0 Å². The van der Waals surface area contributed by atoms with E-state index in [1.807, 2.05) is 0 Å². The Balaban J connectivity index is 1.38. The minimum Gasteiger partial charge on any atom is -0.450 e. The first-order chi connectivity index (χ1) is 25.3. The zero-order valence-corrected chi connectivity index (χ0v) is 29.2. The van der Waals surface area contributed by atoms with Crippen molar-refractivity contribution < 1.29 is 45.1 Å². The number of carbonyl (C=O) groups excluding carboxylic acids is 1. The van der Waals surface area contributed by atoms with Crippen LogP contribution in [0.25, 0.3) is 33.2 Å². The third-order valence-electron chi connectivity index (χ3n) is 8.85. The van der Waals surface area contributed by atoms with Crippen LogP contribution in [0.2, 0.25) is 5.15 Å². The maximum absolute atomic E-state index is 15.1. The predicted molar refractivity (Wildman–Crippen MR) is 182 cm³/mol. The zero-order valence-electron chi connectivity index (χ0n) is 28.5. The Morgan fingerprint density at radius 3 is 2.54 bits per heavy atom. The fourth-order valence-corrected chi connectivity index (χ4v) is 6.95. The summed E-state index contributed by atoms with van der Waals surface area (Å²) in [7, 11) is 0. The fourth-order valence-electron chi connectivity index (χ4n) is 6.78. The zero-order chi connectivity index (χ0) is 38.9. The van der Waals surface area contributed by atoms with Gasteiger partial charge in [0.2, 0.25) is 5.91 Å². The highest BCUT2D eigenvalue weighted by Gasteiger charge is 2.53. The van der Waals surface area contributed by atoms with Gasteiger partial charge in [-0.15, -0.1) is 0 Å². The number of nitrogens with one attached hydrogen (secondary N) is 2. The van der Waals surface area contributed by atoms with Crippen molar-refractivity contribution in [2.45, 2.75) is 69.8 Å². The number of pyridine rings is 1. The first-order valence-electron chi connectivity index (χ1n) is 16.4. The Hall–Kier alpha value is -5.40. The summed E-state index contributed by atoms with van der Waals surface area (Å²) >= 11 is 6.26. The molecule has 1 aliphatic carbocycles. The van der Waals surface area contributed by atoms with Gasteiger partial charge in [-0.3, -0.25) is 14.6 Å². The van der Waals surface area contributed by atoms with E-state index in [0.29, 0.717) is 38.4 Å². The molecule has 280 valence electrons. The molecule has 7 rings (SSSR count). The number of aromatic nitrogens is 5. The van der Waals surface area contributed by atoms with Gasteiger partial charge >= 0.3 is 6.18 Å². The molecule has 0 saturated heterocycles. The first kappa shape index (κ1) is 36.9. The van der Waals surface area contributed by atoms with Crippen LogP contribution in [0.15, 0.2) is 52.9 Å². The highest BCUT2D eigenvalue weighted by atomic mass is 35.5. The van der Waals surface area contributed by atoms with Crippen LogP contribution in [-0.2, 0) is 29.9 Å². The number of nitrogens with zero attached hydrogens (tertiary/aromatic N) is 4. The van der Waals surface area contributed by atoms with Gasteiger partial charge in [0.05, 0.1) is 11.7 Å². The largest absolute Gasteiger partial charge is 0.450 e. The summed E-state index contributed by atoms with van der Waals surface area (Å²) in [6, 6.07) is 9.54. The molecular formula is C37H28ClF7N6O3. The molecule has 0 saturated carbocycles. The van der Waals surface area contributed by atoms with Crippen molar-refractivity contribution in [3.63, 3.8) is 0 Å². The van der Waals surface area contributed by atoms with Crippen LogP contribution in [0.1, 0.15) is 73.1 Å². The van der Waals surface area contributed by atoms with Gasteiger partial charge in [-0.05, 0) is 68.0 Å². The fraction of sp³-hybridized carbons (Fsp3) is 0.297. The van der Waals surface area contributed by atoms with E-state index in [9.17, 15) is 31.9 Å². The van der Waals surface area contributed by atoms with Crippen LogP contribution in [-0.4, -0.2) is 41.6 Å². The second-order valence-electron chi connectivity index (χ2n) is 13.6. The van der Waals surface area contributed by atoms with E-state index in [2.05, 4.69) is 37.4 Å². The molecule has 4 aromatic heterocycles.